The number of aliphatic carboxylic acids is 1. The van der Waals surface area contributed by atoms with Crippen LogP contribution in [0.3, 0.4) is 0 Å². The van der Waals surface area contributed by atoms with Crippen LogP contribution in [0.5, 0.6) is 5.75 Å². The number of halogens is 2. The molecule has 0 radical (unpaired) electrons. The van der Waals surface area contributed by atoms with Gasteiger partial charge in [-0.1, -0.05) is 24.4 Å². The van der Waals surface area contributed by atoms with Gasteiger partial charge in [-0.2, -0.15) is 0 Å². The molecule has 5 N–H and O–H groups in total. The molecule has 9 heteroatoms. The first-order valence-electron chi connectivity index (χ1n) is 7.60. The summed E-state index contributed by atoms with van der Waals surface area (Å²) in [6, 6.07) is 6.93. The third kappa shape index (κ3) is 8.75. The zero-order valence-corrected chi connectivity index (χ0v) is 14.9. The third-order valence-electron chi connectivity index (χ3n) is 3.61. The molecule has 1 aromatic carbocycles. The highest BCUT2D eigenvalue weighted by Gasteiger charge is 2.32. The Morgan fingerprint density at radius 1 is 1.17 bits per heavy atom. The van der Waals surface area contributed by atoms with E-state index >= 15 is 0 Å². The molecule has 1 atom stereocenters. The molecule has 0 aliphatic heterocycles. The zero-order chi connectivity index (χ0) is 17.3. The van der Waals surface area contributed by atoms with Crippen LogP contribution >= 0.6 is 24.0 Å². The first-order chi connectivity index (χ1) is 10.8. The molecule has 0 saturated carbocycles. The van der Waals surface area contributed by atoms with Crippen molar-refractivity contribution in [3.8, 4) is 5.75 Å². The van der Waals surface area contributed by atoms with E-state index in [-0.39, 0.29) is 31.6 Å². The van der Waals surface area contributed by atoms with Gasteiger partial charge in [-0.25, -0.2) is 0 Å². The van der Waals surface area contributed by atoms with Crippen molar-refractivity contribution in [3.63, 3.8) is 0 Å². The number of hydrogen-bond acceptors (Lipinski definition) is 5. The van der Waals surface area contributed by atoms with Crippen LogP contribution in [0.2, 0.25) is 11.3 Å². The van der Waals surface area contributed by atoms with Crippen molar-refractivity contribution in [2.45, 2.75) is 44.0 Å². The van der Waals surface area contributed by atoms with E-state index < -0.39 is 18.6 Å². The Balaban J connectivity index is 0.00000529. The number of hydrogen-bond donors (Lipinski definition) is 4. The molecule has 0 spiro atoms. The van der Waals surface area contributed by atoms with Crippen molar-refractivity contribution in [1.29, 1.82) is 0 Å². The molecule has 1 rings (SSSR count). The van der Waals surface area contributed by atoms with Crippen LogP contribution in [0, 0.1) is 0 Å². The molecule has 6 nitrogen and oxygen atoms in total. The Bertz CT molecular complexity index is 489. The minimum absolute atomic E-state index is 0. The number of rotatable bonds is 11. The summed E-state index contributed by atoms with van der Waals surface area (Å²) in [5.74, 6) is -0.377. The first-order valence-corrected chi connectivity index (χ1v) is 7.98. The fourth-order valence-electron chi connectivity index (χ4n) is 2.21. The summed E-state index contributed by atoms with van der Waals surface area (Å²) < 4.78 is 5.52. The van der Waals surface area contributed by atoms with Gasteiger partial charge >= 0.3 is 13.1 Å². The van der Waals surface area contributed by atoms with Crippen LogP contribution in [0.1, 0.15) is 32.1 Å². The van der Waals surface area contributed by atoms with E-state index in [0.717, 1.165) is 0 Å². The maximum absolute atomic E-state index is 11.4. The maximum atomic E-state index is 11.4. The Labute approximate surface area is 153 Å². The van der Waals surface area contributed by atoms with Crippen LogP contribution in [-0.2, 0) is 4.79 Å². The lowest BCUT2D eigenvalue weighted by Crippen LogP contribution is -2.48. The Hall–Kier alpha value is -0.985. The van der Waals surface area contributed by atoms with Gasteiger partial charge in [-0.15, -0.1) is 12.4 Å². The number of carboxylic acids is 1. The Kier molecular flexibility index (Phi) is 11.1. The molecule has 0 aromatic heterocycles. The van der Waals surface area contributed by atoms with Gasteiger partial charge in [0.25, 0.3) is 0 Å². The van der Waals surface area contributed by atoms with Crippen molar-refractivity contribution < 1.29 is 24.7 Å². The van der Waals surface area contributed by atoms with Gasteiger partial charge in [0.2, 0.25) is 0 Å². The molecule has 0 bridgehead atoms. The van der Waals surface area contributed by atoms with Gasteiger partial charge in [0, 0.05) is 5.02 Å². The average molecular weight is 380 g/mol. The molecule has 0 aliphatic rings. The average Bonchev–Trinajstić information content (AvgIpc) is 2.49. The van der Waals surface area contributed by atoms with Crippen molar-refractivity contribution >= 4 is 37.1 Å². The van der Waals surface area contributed by atoms with E-state index in [1.807, 2.05) is 0 Å². The Morgan fingerprint density at radius 3 is 2.29 bits per heavy atom. The minimum atomic E-state index is -1.36. The summed E-state index contributed by atoms with van der Waals surface area (Å²) in [5.41, 5.74) is 4.64. The largest absolute Gasteiger partial charge is 0.494 e. The predicted octanol–water partition coefficient (Wildman–Crippen LogP) is 2.35. The van der Waals surface area contributed by atoms with Crippen molar-refractivity contribution in [2.75, 3.05) is 6.61 Å². The molecule has 0 aliphatic carbocycles. The Morgan fingerprint density at radius 2 is 1.75 bits per heavy atom. The molecule has 24 heavy (non-hydrogen) atoms. The van der Waals surface area contributed by atoms with E-state index in [1.165, 1.54) is 0 Å². The smallest absolute Gasteiger partial charge is 0.451 e. The second-order valence-corrected chi connectivity index (χ2v) is 6.03. The number of unbranched alkanes of at least 4 members (excludes halogenated alkanes) is 1. The lowest BCUT2D eigenvalue weighted by molar-refractivity contribution is -0.144. The molecule has 0 heterocycles. The van der Waals surface area contributed by atoms with Crippen LogP contribution < -0.4 is 10.5 Å². The second kappa shape index (κ2) is 11.5. The molecule has 1 unspecified atom stereocenters. The molecule has 136 valence electrons. The van der Waals surface area contributed by atoms with E-state index in [9.17, 15) is 9.90 Å². The van der Waals surface area contributed by atoms with Crippen LogP contribution in [0.25, 0.3) is 0 Å². The lowest BCUT2D eigenvalue weighted by atomic mass is 9.81. The van der Waals surface area contributed by atoms with Crippen LogP contribution in [0.15, 0.2) is 24.3 Å². The number of carboxylic acid groups (broad SMARTS) is 1. The summed E-state index contributed by atoms with van der Waals surface area (Å²) in [7, 11) is -1.36. The zero-order valence-electron chi connectivity index (χ0n) is 13.4. The summed E-state index contributed by atoms with van der Waals surface area (Å²) in [5, 5.41) is 27.5. The number of ether oxygens (including phenoxy) is 1. The highest BCUT2D eigenvalue weighted by molar-refractivity contribution is 6.40. The van der Waals surface area contributed by atoms with E-state index in [2.05, 4.69) is 0 Å². The maximum Gasteiger partial charge on any atom is 0.451 e. The number of benzene rings is 1. The summed E-state index contributed by atoms with van der Waals surface area (Å²) >= 11 is 5.78. The fourth-order valence-corrected chi connectivity index (χ4v) is 2.34. The third-order valence-corrected chi connectivity index (χ3v) is 3.86. The topological polar surface area (TPSA) is 113 Å². The van der Waals surface area contributed by atoms with Crippen molar-refractivity contribution in [3.05, 3.63) is 29.3 Å². The van der Waals surface area contributed by atoms with Gasteiger partial charge in [0.05, 0.1) is 6.61 Å². The normalized spacial score (nSPS) is 12.8. The van der Waals surface area contributed by atoms with E-state index in [1.54, 1.807) is 24.3 Å². The fraction of sp³-hybridized carbons (Fsp3) is 0.533. The number of nitrogens with two attached hydrogens (primary N) is 1. The molecular weight excluding hydrogens is 356 g/mol. The highest BCUT2D eigenvalue weighted by atomic mass is 35.5. The lowest BCUT2D eigenvalue weighted by Gasteiger charge is -2.24. The predicted molar refractivity (Wildman–Crippen MR) is 96.8 cm³/mol. The van der Waals surface area contributed by atoms with Gasteiger partial charge in [0.1, 0.15) is 11.3 Å². The van der Waals surface area contributed by atoms with Gasteiger partial charge in [-0.3, -0.25) is 4.79 Å². The second-order valence-electron chi connectivity index (χ2n) is 5.59. The molecule has 0 amide bonds. The quantitative estimate of drug-likeness (QED) is 0.346. The molecule has 1 aromatic rings. The first kappa shape index (κ1) is 23.0. The minimum Gasteiger partial charge on any atom is -0.494 e. The van der Waals surface area contributed by atoms with Crippen molar-refractivity contribution in [2.24, 2.45) is 5.73 Å². The summed E-state index contributed by atoms with van der Waals surface area (Å²) in [6.07, 6.45) is 2.35. The standard InChI is InChI=1S/C15H23BClNO5.ClH/c17-12-4-6-13(7-5-12)23-11-3-9-15(18,14(19)20)8-1-2-10-16(21)22;/h4-7,21-22H,1-3,8-11,18H2,(H,19,20);1H. The monoisotopic (exact) mass is 379 g/mol. The number of carbonyl (C=O) groups is 1. The SMILES string of the molecule is Cl.NC(CCCCB(O)O)(CCCOc1ccc(Cl)cc1)C(=O)O. The van der Waals surface area contributed by atoms with Crippen LogP contribution in [0.4, 0.5) is 0 Å². The van der Waals surface area contributed by atoms with Crippen LogP contribution in [-0.4, -0.2) is 40.4 Å². The van der Waals surface area contributed by atoms with E-state index in [0.29, 0.717) is 36.6 Å². The van der Waals surface area contributed by atoms with E-state index in [4.69, 9.17) is 32.1 Å². The highest BCUT2D eigenvalue weighted by Crippen LogP contribution is 2.20. The molecule has 0 saturated heterocycles. The summed E-state index contributed by atoms with van der Waals surface area (Å²) in [4.78, 5) is 11.4. The van der Waals surface area contributed by atoms with Crippen molar-refractivity contribution in [1.82, 2.24) is 0 Å². The van der Waals surface area contributed by atoms with Gasteiger partial charge in [0.15, 0.2) is 0 Å². The van der Waals surface area contributed by atoms with Gasteiger partial charge in [-0.05, 0) is 49.8 Å². The van der Waals surface area contributed by atoms with Gasteiger partial charge < -0.3 is 25.6 Å². The molecule has 0 fully saturated rings. The summed E-state index contributed by atoms with van der Waals surface area (Å²) in [6.45, 7) is 0.364. The molecular formula is C15H24BCl2NO5.